The maximum atomic E-state index is 12.4. The summed E-state index contributed by atoms with van der Waals surface area (Å²) >= 11 is 0. The van der Waals surface area contributed by atoms with Gasteiger partial charge < -0.3 is 14.8 Å². The summed E-state index contributed by atoms with van der Waals surface area (Å²) < 4.78 is 34.7. The molecule has 3 rings (SSSR count). The topological polar surface area (TPSA) is 47.6 Å². The Balaban J connectivity index is 1.67. The van der Waals surface area contributed by atoms with Gasteiger partial charge in [0.1, 0.15) is 11.5 Å². The van der Waals surface area contributed by atoms with Crippen molar-refractivity contribution in [1.82, 2.24) is 0 Å². The van der Waals surface area contributed by atoms with Crippen LogP contribution < -0.4 is 14.8 Å². The zero-order valence-electron chi connectivity index (χ0n) is 13.1. The molecule has 0 unspecified atom stereocenters. The lowest BCUT2D eigenvalue weighted by atomic mass is 10.1. The summed E-state index contributed by atoms with van der Waals surface area (Å²) in [5, 5.41) is 4.40. The Hall–Kier alpha value is -3.15. The summed E-state index contributed by atoms with van der Waals surface area (Å²) in [4.78, 5) is 12.1. The highest BCUT2D eigenvalue weighted by Crippen LogP contribution is 2.27. The minimum Gasteiger partial charge on any atom is -0.483 e. The number of amides is 1. The van der Waals surface area contributed by atoms with E-state index in [9.17, 15) is 13.6 Å². The number of nitrogens with one attached hydrogen (secondary N) is 1. The maximum absolute atomic E-state index is 12.4. The largest absolute Gasteiger partial charge is 0.483 e. The van der Waals surface area contributed by atoms with Gasteiger partial charge >= 0.3 is 6.61 Å². The predicted molar refractivity (Wildman–Crippen MR) is 91.1 cm³/mol. The lowest BCUT2D eigenvalue weighted by Crippen LogP contribution is -2.21. The highest BCUT2D eigenvalue weighted by molar-refractivity contribution is 5.94. The SMILES string of the molecule is O=C(COc1cccc2ccccc12)Nc1ccccc1OC(F)F. The van der Waals surface area contributed by atoms with E-state index in [2.05, 4.69) is 10.1 Å². The van der Waals surface area contributed by atoms with E-state index in [0.717, 1.165) is 10.8 Å². The number of carbonyl (C=O) groups excluding carboxylic acids is 1. The summed E-state index contributed by atoms with van der Waals surface area (Å²) in [6.45, 7) is -3.22. The molecule has 6 heteroatoms. The van der Waals surface area contributed by atoms with Gasteiger partial charge in [0.05, 0.1) is 5.69 Å². The second kappa shape index (κ2) is 7.61. The first-order chi connectivity index (χ1) is 12.1. The van der Waals surface area contributed by atoms with Crippen LogP contribution in [0.2, 0.25) is 0 Å². The second-order valence-corrected chi connectivity index (χ2v) is 5.19. The van der Waals surface area contributed by atoms with Crippen LogP contribution in [0, 0.1) is 0 Å². The number of carbonyl (C=O) groups is 1. The number of para-hydroxylation sites is 2. The quantitative estimate of drug-likeness (QED) is 0.719. The summed E-state index contributed by atoms with van der Waals surface area (Å²) in [5.41, 5.74) is 0.161. The first-order valence-corrected chi connectivity index (χ1v) is 7.58. The molecule has 1 N–H and O–H groups in total. The lowest BCUT2D eigenvalue weighted by molar-refractivity contribution is -0.118. The Labute approximate surface area is 143 Å². The zero-order chi connectivity index (χ0) is 17.6. The van der Waals surface area contributed by atoms with Crippen LogP contribution in [-0.2, 0) is 4.79 Å². The van der Waals surface area contributed by atoms with Crippen LogP contribution in [0.5, 0.6) is 11.5 Å². The van der Waals surface area contributed by atoms with E-state index in [-0.39, 0.29) is 18.0 Å². The monoisotopic (exact) mass is 343 g/mol. The fourth-order valence-corrected chi connectivity index (χ4v) is 2.42. The second-order valence-electron chi connectivity index (χ2n) is 5.19. The molecule has 25 heavy (non-hydrogen) atoms. The molecule has 0 spiro atoms. The number of fused-ring (bicyclic) bond motifs is 1. The standard InChI is InChI=1S/C19H15F2NO3/c20-19(21)25-17-10-4-3-9-15(17)22-18(23)12-24-16-11-5-7-13-6-1-2-8-14(13)16/h1-11,19H,12H2,(H,22,23). The minimum absolute atomic E-state index is 0.101. The molecule has 0 saturated carbocycles. The third-order valence-corrected chi connectivity index (χ3v) is 3.49. The minimum atomic E-state index is -2.97. The fourth-order valence-electron chi connectivity index (χ4n) is 2.42. The smallest absolute Gasteiger partial charge is 0.387 e. The molecule has 0 aliphatic carbocycles. The average Bonchev–Trinajstić information content (AvgIpc) is 2.61. The number of ether oxygens (including phenoxy) is 2. The Morgan fingerprint density at radius 1 is 0.920 bits per heavy atom. The maximum Gasteiger partial charge on any atom is 0.387 e. The van der Waals surface area contributed by atoms with E-state index in [1.165, 1.54) is 12.1 Å². The molecule has 0 aliphatic heterocycles. The van der Waals surface area contributed by atoms with Crippen molar-refractivity contribution in [2.24, 2.45) is 0 Å². The van der Waals surface area contributed by atoms with Gasteiger partial charge in [0.15, 0.2) is 6.61 Å². The fraction of sp³-hybridized carbons (Fsp3) is 0.105. The third-order valence-electron chi connectivity index (χ3n) is 3.49. The van der Waals surface area contributed by atoms with Gasteiger partial charge in [-0.15, -0.1) is 0 Å². The Morgan fingerprint density at radius 3 is 2.44 bits per heavy atom. The molecule has 0 aromatic heterocycles. The third kappa shape index (κ3) is 4.23. The van der Waals surface area contributed by atoms with Crippen LogP contribution in [0.15, 0.2) is 66.7 Å². The molecule has 3 aromatic rings. The normalized spacial score (nSPS) is 10.7. The molecule has 0 fully saturated rings. The molecule has 0 atom stereocenters. The number of benzene rings is 3. The molecular weight excluding hydrogens is 328 g/mol. The van der Waals surface area contributed by atoms with Gasteiger partial charge in [-0.05, 0) is 23.6 Å². The number of anilines is 1. The Bertz CT molecular complexity index is 878. The van der Waals surface area contributed by atoms with Crippen molar-refractivity contribution in [2.45, 2.75) is 6.61 Å². The van der Waals surface area contributed by atoms with Gasteiger partial charge in [0.2, 0.25) is 0 Å². The van der Waals surface area contributed by atoms with Gasteiger partial charge in [0, 0.05) is 5.39 Å². The first-order valence-electron chi connectivity index (χ1n) is 7.58. The summed E-state index contributed by atoms with van der Waals surface area (Å²) in [7, 11) is 0. The van der Waals surface area contributed by atoms with Crippen molar-refractivity contribution in [3.63, 3.8) is 0 Å². The molecule has 3 aromatic carbocycles. The molecule has 1 amide bonds. The van der Waals surface area contributed by atoms with E-state index in [1.807, 2.05) is 36.4 Å². The van der Waals surface area contributed by atoms with E-state index < -0.39 is 12.5 Å². The highest BCUT2D eigenvalue weighted by Gasteiger charge is 2.12. The Morgan fingerprint density at radius 2 is 1.60 bits per heavy atom. The van der Waals surface area contributed by atoms with Gasteiger partial charge in [-0.2, -0.15) is 8.78 Å². The van der Waals surface area contributed by atoms with Crippen molar-refractivity contribution in [1.29, 1.82) is 0 Å². The summed E-state index contributed by atoms with van der Waals surface area (Å²) in [6.07, 6.45) is 0. The van der Waals surface area contributed by atoms with Crippen LogP contribution in [0.1, 0.15) is 0 Å². The van der Waals surface area contributed by atoms with E-state index in [4.69, 9.17) is 4.74 Å². The predicted octanol–water partition coefficient (Wildman–Crippen LogP) is 4.46. The van der Waals surface area contributed by atoms with Crippen LogP contribution in [0.3, 0.4) is 0 Å². The molecule has 0 saturated heterocycles. The molecular formula is C19H15F2NO3. The van der Waals surface area contributed by atoms with Gasteiger partial charge in [-0.3, -0.25) is 4.79 Å². The zero-order valence-corrected chi connectivity index (χ0v) is 13.1. The molecule has 0 bridgehead atoms. The number of rotatable bonds is 6. The first kappa shape index (κ1) is 16.7. The lowest BCUT2D eigenvalue weighted by Gasteiger charge is -2.12. The van der Waals surface area contributed by atoms with Crippen LogP contribution >= 0.6 is 0 Å². The molecule has 128 valence electrons. The van der Waals surface area contributed by atoms with E-state index in [1.54, 1.807) is 18.2 Å². The van der Waals surface area contributed by atoms with Crippen molar-refractivity contribution in [2.75, 3.05) is 11.9 Å². The van der Waals surface area contributed by atoms with Gasteiger partial charge in [0.25, 0.3) is 5.91 Å². The van der Waals surface area contributed by atoms with Crippen LogP contribution in [0.4, 0.5) is 14.5 Å². The molecule has 0 aliphatic rings. The van der Waals surface area contributed by atoms with E-state index >= 15 is 0 Å². The van der Waals surface area contributed by atoms with Gasteiger partial charge in [-0.25, -0.2) is 0 Å². The van der Waals surface area contributed by atoms with Crippen molar-refractivity contribution in [3.8, 4) is 11.5 Å². The van der Waals surface area contributed by atoms with Crippen LogP contribution in [0.25, 0.3) is 10.8 Å². The molecule has 4 nitrogen and oxygen atoms in total. The van der Waals surface area contributed by atoms with Crippen LogP contribution in [-0.4, -0.2) is 19.1 Å². The van der Waals surface area contributed by atoms with Gasteiger partial charge in [-0.1, -0.05) is 48.5 Å². The van der Waals surface area contributed by atoms with Crippen molar-refractivity contribution >= 4 is 22.4 Å². The van der Waals surface area contributed by atoms with Crippen molar-refractivity contribution < 1.29 is 23.0 Å². The van der Waals surface area contributed by atoms with E-state index in [0.29, 0.717) is 5.75 Å². The Kier molecular flexibility index (Phi) is 5.09. The number of halogens is 2. The number of hydrogen-bond acceptors (Lipinski definition) is 3. The highest BCUT2D eigenvalue weighted by atomic mass is 19.3. The van der Waals surface area contributed by atoms with Crippen molar-refractivity contribution in [3.05, 3.63) is 66.7 Å². The summed E-state index contributed by atoms with van der Waals surface area (Å²) in [6, 6.07) is 19.2. The summed E-state index contributed by atoms with van der Waals surface area (Å²) in [5.74, 6) is -0.000345. The average molecular weight is 343 g/mol. The molecule has 0 heterocycles. The number of alkyl halides is 2. The molecule has 0 radical (unpaired) electrons. The number of hydrogen-bond donors (Lipinski definition) is 1.